The Hall–Kier alpha value is -1.26. The van der Waals surface area contributed by atoms with Crippen LogP contribution in [0.15, 0.2) is 0 Å². The van der Waals surface area contributed by atoms with Gasteiger partial charge in [-0.1, -0.05) is 19.8 Å². The lowest BCUT2D eigenvalue weighted by Gasteiger charge is -2.00. The fourth-order valence-corrected chi connectivity index (χ4v) is 0.608. The van der Waals surface area contributed by atoms with Gasteiger partial charge in [0.1, 0.15) is 0 Å². The van der Waals surface area contributed by atoms with Crippen LogP contribution in [-0.4, -0.2) is 24.0 Å². The molecule has 12 heavy (non-hydrogen) atoms. The number of rotatable bonds is 4. The van der Waals surface area contributed by atoms with E-state index in [0.29, 0.717) is 0 Å². The number of unbranched alkanes of at least 4 members (excludes halogenated alkanes) is 2. The Balaban J connectivity index is 3.26. The summed E-state index contributed by atoms with van der Waals surface area (Å²) < 4.78 is 8.10. The first-order chi connectivity index (χ1) is 5.66. The van der Waals surface area contributed by atoms with Crippen molar-refractivity contribution in [2.75, 3.05) is 6.61 Å². The Morgan fingerprint density at radius 3 is 2.50 bits per heavy atom. The van der Waals surface area contributed by atoms with Crippen LogP contribution >= 0.6 is 0 Å². The van der Waals surface area contributed by atoms with Crippen LogP contribution in [0.4, 0.5) is 9.59 Å². The van der Waals surface area contributed by atoms with Crippen LogP contribution in [0, 0.1) is 0 Å². The van der Waals surface area contributed by atoms with E-state index in [9.17, 15) is 9.59 Å². The summed E-state index contributed by atoms with van der Waals surface area (Å²) in [5, 5.41) is 7.96. The number of hydrogen-bond acceptors (Lipinski definition) is 4. The predicted molar refractivity (Wildman–Crippen MR) is 40.0 cm³/mol. The molecule has 0 heterocycles. The van der Waals surface area contributed by atoms with Gasteiger partial charge in [-0.15, -0.1) is 0 Å². The topological polar surface area (TPSA) is 72.8 Å². The van der Waals surface area contributed by atoms with Gasteiger partial charge in [-0.05, 0) is 6.42 Å². The third kappa shape index (κ3) is 6.85. The van der Waals surface area contributed by atoms with E-state index < -0.39 is 12.3 Å². The molecule has 5 nitrogen and oxygen atoms in total. The van der Waals surface area contributed by atoms with Gasteiger partial charge in [-0.2, -0.15) is 0 Å². The summed E-state index contributed by atoms with van der Waals surface area (Å²) in [7, 11) is 0. The molecular weight excluding hydrogens is 164 g/mol. The highest BCUT2D eigenvalue weighted by atomic mass is 16.8. The summed E-state index contributed by atoms with van der Waals surface area (Å²) in [6.45, 7) is 2.22. The van der Waals surface area contributed by atoms with Gasteiger partial charge in [0.15, 0.2) is 0 Å². The summed E-state index contributed by atoms with van der Waals surface area (Å²) in [6.07, 6.45) is -0.114. The largest absolute Gasteiger partial charge is 0.518 e. The number of ether oxygens (including phenoxy) is 2. The summed E-state index contributed by atoms with van der Waals surface area (Å²) in [4.78, 5) is 20.2. The average Bonchev–Trinajstić information content (AvgIpc) is 1.97. The molecule has 0 aliphatic rings. The van der Waals surface area contributed by atoms with Gasteiger partial charge in [0.05, 0.1) is 6.61 Å². The van der Waals surface area contributed by atoms with Crippen molar-refractivity contribution < 1.29 is 24.2 Å². The SMILES string of the molecule is CCCCCOC(=O)OC(=O)O. The van der Waals surface area contributed by atoms with Crippen molar-refractivity contribution >= 4 is 12.3 Å². The second kappa shape index (κ2) is 6.45. The Labute approximate surface area is 70.3 Å². The number of carbonyl (C=O) groups is 2. The molecule has 1 N–H and O–H groups in total. The normalized spacial score (nSPS) is 9.08. The van der Waals surface area contributed by atoms with Crippen LogP contribution < -0.4 is 0 Å². The average molecular weight is 176 g/mol. The van der Waals surface area contributed by atoms with Gasteiger partial charge in [0, 0.05) is 0 Å². The van der Waals surface area contributed by atoms with E-state index in [1.54, 1.807) is 0 Å². The van der Waals surface area contributed by atoms with Crippen molar-refractivity contribution in [2.24, 2.45) is 0 Å². The van der Waals surface area contributed by atoms with Crippen LogP contribution in [0.3, 0.4) is 0 Å². The fourth-order valence-electron chi connectivity index (χ4n) is 0.608. The van der Waals surface area contributed by atoms with Gasteiger partial charge in [0.2, 0.25) is 0 Å². The summed E-state index contributed by atoms with van der Waals surface area (Å²) in [6, 6.07) is 0. The lowest BCUT2D eigenvalue weighted by atomic mass is 10.3. The standard InChI is InChI=1S/C7H12O5/c1-2-3-4-5-11-7(10)12-6(8)9/h2-5H2,1H3,(H,8,9). The maximum Gasteiger partial charge on any atom is 0.518 e. The van der Waals surface area contributed by atoms with Crippen molar-refractivity contribution in [1.82, 2.24) is 0 Å². The van der Waals surface area contributed by atoms with Crippen LogP contribution in [0.2, 0.25) is 0 Å². The Kier molecular flexibility index (Phi) is 5.77. The molecule has 0 aliphatic heterocycles. The molecule has 0 aromatic carbocycles. The van der Waals surface area contributed by atoms with Crippen LogP contribution in [0.5, 0.6) is 0 Å². The second-order valence-corrected chi connectivity index (χ2v) is 2.17. The molecule has 0 aromatic heterocycles. The molecule has 0 spiro atoms. The minimum absolute atomic E-state index is 0.208. The highest BCUT2D eigenvalue weighted by Gasteiger charge is 2.08. The Bertz CT molecular complexity index is 154. The first-order valence-electron chi connectivity index (χ1n) is 3.74. The molecule has 0 fully saturated rings. The van der Waals surface area contributed by atoms with Gasteiger partial charge in [-0.25, -0.2) is 9.59 Å². The van der Waals surface area contributed by atoms with Crippen molar-refractivity contribution in [3.05, 3.63) is 0 Å². The molecule has 0 amide bonds. The molecule has 5 heteroatoms. The van der Waals surface area contributed by atoms with E-state index in [1.807, 2.05) is 6.92 Å². The second-order valence-electron chi connectivity index (χ2n) is 2.17. The molecule has 70 valence electrons. The minimum Gasteiger partial charge on any atom is -0.449 e. The third-order valence-electron chi connectivity index (χ3n) is 1.14. The van der Waals surface area contributed by atoms with Crippen molar-refractivity contribution in [2.45, 2.75) is 26.2 Å². The van der Waals surface area contributed by atoms with E-state index in [-0.39, 0.29) is 6.61 Å². The maximum absolute atomic E-state index is 10.4. The molecular formula is C7H12O5. The first-order valence-corrected chi connectivity index (χ1v) is 3.74. The fraction of sp³-hybridized carbons (Fsp3) is 0.714. The molecule has 0 aliphatic carbocycles. The van der Waals surface area contributed by atoms with Gasteiger partial charge < -0.3 is 14.6 Å². The van der Waals surface area contributed by atoms with Crippen LogP contribution in [0.25, 0.3) is 0 Å². The molecule has 0 saturated carbocycles. The molecule has 0 rings (SSSR count). The summed E-state index contributed by atoms with van der Waals surface area (Å²) >= 11 is 0. The zero-order chi connectivity index (χ0) is 9.40. The summed E-state index contributed by atoms with van der Waals surface area (Å²) in [5.74, 6) is 0. The van der Waals surface area contributed by atoms with E-state index in [4.69, 9.17) is 5.11 Å². The van der Waals surface area contributed by atoms with Gasteiger partial charge in [0.25, 0.3) is 0 Å². The zero-order valence-electron chi connectivity index (χ0n) is 6.91. The molecule has 0 unspecified atom stereocenters. The summed E-state index contributed by atoms with van der Waals surface area (Å²) in [5.41, 5.74) is 0. The Morgan fingerprint density at radius 1 is 1.33 bits per heavy atom. The number of hydrogen-bond donors (Lipinski definition) is 1. The first kappa shape index (κ1) is 10.7. The number of carbonyl (C=O) groups excluding carboxylic acids is 1. The zero-order valence-corrected chi connectivity index (χ0v) is 6.91. The highest BCUT2D eigenvalue weighted by Crippen LogP contribution is 1.95. The Morgan fingerprint density at radius 2 is 2.00 bits per heavy atom. The molecule has 0 bridgehead atoms. The van der Waals surface area contributed by atoms with Crippen LogP contribution in [0.1, 0.15) is 26.2 Å². The van der Waals surface area contributed by atoms with E-state index in [0.717, 1.165) is 19.3 Å². The lowest BCUT2D eigenvalue weighted by molar-refractivity contribution is 0.0538. The maximum atomic E-state index is 10.4. The molecule has 0 saturated heterocycles. The predicted octanol–water partition coefficient (Wildman–Crippen LogP) is 2.01. The van der Waals surface area contributed by atoms with Crippen molar-refractivity contribution in [3.8, 4) is 0 Å². The van der Waals surface area contributed by atoms with Crippen molar-refractivity contribution in [3.63, 3.8) is 0 Å². The minimum atomic E-state index is -1.64. The third-order valence-corrected chi connectivity index (χ3v) is 1.14. The molecule has 0 atom stereocenters. The highest BCUT2D eigenvalue weighted by molar-refractivity contribution is 5.75. The van der Waals surface area contributed by atoms with Gasteiger partial charge >= 0.3 is 12.3 Å². The molecule has 0 radical (unpaired) electrons. The monoisotopic (exact) mass is 176 g/mol. The van der Waals surface area contributed by atoms with Crippen LogP contribution in [-0.2, 0) is 9.47 Å². The lowest BCUT2D eigenvalue weighted by Crippen LogP contribution is -2.12. The van der Waals surface area contributed by atoms with E-state index in [2.05, 4.69) is 9.47 Å². The van der Waals surface area contributed by atoms with E-state index in [1.165, 1.54) is 0 Å². The van der Waals surface area contributed by atoms with E-state index >= 15 is 0 Å². The quantitative estimate of drug-likeness (QED) is 0.403. The van der Waals surface area contributed by atoms with Gasteiger partial charge in [-0.3, -0.25) is 0 Å². The van der Waals surface area contributed by atoms with Crippen molar-refractivity contribution in [1.29, 1.82) is 0 Å². The smallest absolute Gasteiger partial charge is 0.449 e. The number of carboxylic acid groups (broad SMARTS) is 1. The molecule has 0 aromatic rings.